The van der Waals surface area contributed by atoms with Crippen molar-refractivity contribution < 1.29 is 4.79 Å². The van der Waals surface area contributed by atoms with Gasteiger partial charge in [-0.05, 0) is 32.1 Å². The maximum atomic E-state index is 12.7. The van der Waals surface area contributed by atoms with Crippen LogP contribution in [0.3, 0.4) is 0 Å². The zero-order valence-corrected chi connectivity index (χ0v) is 14.5. The van der Waals surface area contributed by atoms with Crippen molar-refractivity contribution in [3.8, 4) is 0 Å². The number of hydrogen-bond donors (Lipinski definition) is 0. The summed E-state index contributed by atoms with van der Waals surface area (Å²) in [6, 6.07) is 7.68. The van der Waals surface area contributed by atoms with Gasteiger partial charge in [-0.3, -0.25) is 14.3 Å². The average molecular weight is 328 g/mol. The van der Waals surface area contributed by atoms with Crippen molar-refractivity contribution >= 4 is 16.8 Å². The molecular formula is C18H24N4O2. The second-order valence-electron chi connectivity index (χ2n) is 6.68. The van der Waals surface area contributed by atoms with Gasteiger partial charge in [-0.25, -0.2) is 0 Å². The molecule has 0 unspecified atom stereocenters. The van der Waals surface area contributed by atoms with Gasteiger partial charge in [-0.1, -0.05) is 25.5 Å². The van der Waals surface area contributed by atoms with Gasteiger partial charge in [0.15, 0.2) is 0 Å². The third-order valence-corrected chi connectivity index (χ3v) is 4.99. The highest BCUT2D eigenvalue weighted by Gasteiger charge is 2.35. The fraction of sp³-hybridized carbons (Fsp3) is 0.500. The normalized spacial score (nSPS) is 20.9. The number of carbonyl (C=O) groups excluding carboxylic acids is 1. The van der Waals surface area contributed by atoms with E-state index in [1.807, 2.05) is 23.1 Å². The molecule has 2 atom stereocenters. The number of fused-ring (bicyclic) bond motifs is 1. The molecule has 1 aliphatic heterocycles. The highest BCUT2D eigenvalue weighted by Crippen LogP contribution is 2.23. The van der Waals surface area contributed by atoms with Crippen molar-refractivity contribution in [1.82, 2.24) is 19.6 Å². The summed E-state index contributed by atoms with van der Waals surface area (Å²) in [6.45, 7) is 3.88. The standard InChI is InChI=1S/C18H24N4O2/c1-4-13-10-21(11-16(13)20(2)3)18(24)12-22-15-8-6-5-7-14(15)17(23)9-19-22/h5-9,13,16H,4,10-12H2,1-3H3/t13-,16+/m0/s1. The largest absolute Gasteiger partial charge is 0.339 e. The highest BCUT2D eigenvalue weighted by molar-refractivity contribution is 5.81. The Morgan fingerprint density at radius 1 is 1.29 bits per heavy atom. The smallest absolute Gasteiger partial charge is 0.244 e. The van der Waals surface area contributed by atoms with Crippen LogP contribution in [0.25, 0.3) is 10.9 Å². The monoisotopic (exact) mass is 328 g/mol. The van der Waals surface area contributed by atoms with Gasteiger partial charge in [0.05, 0.1) is 11.7 Å². The summed E-state index contributed by atoms with van der Waals surface area (Å²) < 4.78 is 1.63. The van der Waals surface area contributed by atoms with Crippen molar-refractivity contribution in [2.45, 2.75) is 25.9 Å². The van der Waals surface area contributed by atoms with Gasteiger partial charge in [-0.2, -0.15) is 5.10 Å². The Hall–Kier alpha value is -2.21. The lowest BCUT2D eigenvalue weighted by molar-refractivity contribution is -0.131. The fourth-order valence-corrected chi connectivity index (χ4v) is 3.56. The molecule has 128 valence electrons. The van der Waals surface area contributed by atoms with Gasteiger partial charge in [0, 0.05) is 24.5 Å². The molecule has 1 aliphatic rings. The van der Waals surface area contributed by atoms with Gasteiger partial charge in [0.2, 0.25) is 11.3 Å². The van der Waals surface area contributed by atoms with Crippen LogP contribution in [0.5, 0.6) is 0 Å². The predicted octanol–water partition coefficient (Wildman–Crippen LogP) is 1.20. The number of likely N-dealkylation sites (tertiary alicyclic amines) is 1. The average Bonchev–Trinajstić information content (AvgIpc) is 3.02. The summed E-state index contributed by atoms with van der Waals surface area (Å²) in [7, 11) is 4.14. The molecule has 2 heterocycles. The zero-order chi connectivity index (χ0) is 17.3. The van der Waals surface area contributed by atoms with E-state index in [9.17, 15) is 9.59 Å². The Morgan fingerprint density at radius 3 is 2.71 bits per heavy atom. The molecule has 0 N–H and O–H groups in total. The fourth-order valence-electron chi connectivity index (χ4n) is 3.56. The molecule has 3 rings (SSSR count). The maximum absolute atomic E-state index is 12.7. The molecule has 24 heavy (non-hydrogen) atoms. The SMILES string of the molecule is CC[C@H]1CN(C(=O)Cn2ncc(=O)c3ccccc32)C[C@H]1N(C)C. The van der Waals surface area contributed by atoms with Crippen LogP contribution in [0.1, 0.15) is 13.3 Å². The maximum Gasteiger partial charge on any atom is 0.244 e. The third-order valence-electron chi connectivity index (χ3n) is 4.99. The number of carbonyl (C=O) groups is 1. The van der Waals surface area contributed by atoms with Crippen molar-refractivity contribution in [3.63, 3.8) is 0 Å². The summed E-state index contributed by atoms with van der Waals surface area (Å²) in [5, 5.41) is 4.75. The number of aromatic nitrogens is 2. The van der Waals surface area contributed by atoms with Gasteiger partial charge in [-0.15, -0.1) is 0 Å². The third kappa shape index (κ3) is 3.06. The van der Waals surface area contributed by atoms with Crippen LogP contribution < -0.4 is 5.43 Å². The Labute approximate surface area is 141 Å². The van der Waals surface area contributed by atoms with E-state index in [0.717, 1.165) is 19.5 Å². The Balaban J connectivity index is 1.81. The van der Waals surface area contributed by atoms with Crippen molar-refractivity contribution in [2.75, 3.05) is 27.2 Å². The molecule has 1 aromatic carbocycles. The Kier molecular flexibility index (Phi) is 4.66. The zero-order valence-electron chi connectivity index (χ0n) is 14.5. The highest BCUT2D eigenvalue weighted by atomic mass is 16.2. The Bertz CT molecular complexity index is 799. The van der Waals surface area contributed by atoms with Crippen LogP contribution in [0.15, 0.2) is 35.3 Å². The second-order valence-corrected chi connectivity index (χ2v) is 6.68. The molecule has 0 aliphatic carbocycles. The second kappa shape index (κ2) is 6.73. The molecule has 0 bridgehead atoms. The first kappa shape index (κ1) is 16.6. The molecule has 1 aromatic heterocycles. The first-order valence-electron chi connectivity index (χ1n) is 8.40. The number of rotatable bonds is 4. The van der Waals surface area contributed by atoms with Gasteiger partial charge in [0.1, 0.15) is 6.54 Å². The minimum Gasteiger partial charge on any atom is -0.339 e. The van der Waals surface area contributed by atoms with E-state index in [-0.39, 0.29) is 17.9 Å². The summed E-state index contributed by atoms with van der Waals surface area (Å²) in [4.78, 5) is 28.8. The van der Waals surface area contributed by atoms with E-state index in [1.54, 1.807) is 10.7 Å². The number of para-hydroxylation sites is 1. The minimum absolute atomic E-state index is 0.0547. The molecule has 2 aromatic rings. The number of likely N-dealkylation sites (N-methyl/N-ethyl adjacent to an activating group) is 1. The summed E-state index contributed by atoms with van der Waals surface area (Å²) in [6.07, 6.45) is 2.35. The van der Waals surface area contributed by atoms with Crippen LogP contribution in [-0.4, -0.2) is 58.7 Å². The molecule has 1 saturated heterocycles. The molecule has 1 fully saturated rings. The predicted molar refractivity (Wildman–Crippen MR) is 93.8 cm³/mol. The van der Waals surface area contributed by atoms with Gasteiger partial charge in [0.25, 0.3) is 0 Å². The van der Waals surface area contributed by atoms with Crippen LogP contribution in [0, 0.1) is 5.92 Å². The van der Waals surface area contributed by atoms with E-state index in [1.165, 1.54) is 6.20 Å². The molecule has 1 amide bonds. The summed E-state index contributed by atoms with van der Waals surface area (Å²) >= 11 is 0. The summed E-state index contributed by atoms with van der Waals surface area (Å²) in [5.41, 5.74) is 0.586. The van der Waals surface area contributed by atoms with Crippen molar-refractivity contribution in [1.29, 1.82) is 0 Å². The minimum atomic E-state index is -0.116. The first-order valence-corrected chi connectivity index (χ1v) is 8.40. The number of amides is 1. The van der Waals surface area contributed by atoms with Crippen LogP contribution in [-0.2, 0) is 11.3 Å². The topological polar surface area (TPSA) is 58.4 Å². The number of hydrogen-bond acceptors (Lipinski definition) is 4. The van der Waals surface area contributed by atoms with Crippen molar-refractivity contribution in [2.24, 2.45) is 5.92 Å². The molecule has 0 radical (unpaired) electrons. The van der Waals surface area contributed by atoms with E-state index in [2.05, 4.69) is 31.0 Å². The van der Waals surface area contributed by atoms with Gasteiger partial charge < -0.3 is 9.80 Å². The molecule has 6 heteroatoms. The molecule has 0 spiro atoms. The summed E-state index contributed by atoms with van der Waals surface area (Å²) in [5.74, 6) is 0.557. The van der Waals surface area contributed by atoms with E-state index >= 15 is 0 Å². The van der Waals surface area contributed by atoms with Crippen LogP contribution >= 0.6 is 0 Å². The van der Waals surface area contributed by atoms with Crippen LogP contribution in [0.4, 0.5) is 0 Å². The molecule has 6 nitrogen and oxygen atoms in total. The van der Waals surface area contributed by atoms with E-state index in [4.69, 9.17) is 0 Å². The lowest BCUT2D eigenvalue weighted by atomic mass is 10.0. The lowest BCUT2D eigenvalue weighted by Crippen LogP contribution is -2.37. The Morgan fingerprint density at radius 2 is 2.04 bits per heavy atom. The lowest BCUT2D eigenvalue weighted by Gasteiger charge is -2.23. The molecular weight excluding hydrogens is 304 g/mol. The van der Waals surface area contributed by atoms with Gasteiger partial charge >= 0.3 is 0 Å². The number of nitrogens with zero attached hydrogens (tertiary/aromatic N) is 4. The van der Waals surface area contributed by atoms with Crippen molar-refractivity contribution in [3.05, 3.63) is 40.7 Å². The number of benzene rings is 1. The molecule has 0 saturated carbocycles. The van der Waals surface area contributed by atoms with E-state index < -0.39 is 0 Å². The van der Waals surface area contributed by atoms with Crippen LogP contribution in [0.2, 0.25) is 0 Å². The van der Waals surface area contributed by atoms with E-state index in [0.29, 0.717) is 22.9 Å². The quantitative estimate of drug-likeness (QED) is 0.846. The first-order chi connectivity index (χ1) is 11.5.